The molecule has 0 aliphatic rings. The Hall–Kier alpha value is -2.43. The first-order valence-electron chi connectivity index (χ1n) is 9.14. The molecule has 132 valence electrons. The Bertz CT molecular complexity index is 884. The van der Waals surface area contributed by atoms with Gasteiger partial charge in [0.25, 0.3) is 0 Å². The number of fused-ring (bicyclic) bond motifs is 3. The summed E-state index contributed by atoms with van der Waals surface area (Å²) >= 11 is 0. The van der Waals surface area contributed by atoms with E-state index >= 15 is 0 Å². The number of nitrogens with zero attached hydrogens (tertiary/aromatic N) is 3. The van der Waals surface area contributed by atoms with Crippen LogP contribution in [-0.4, -0.2) is 20.4 Å². The van der Waals surface area contributed by atoms with Crippen molar-refractivity contribution in [3.05, 3.63) is 36.3 Å². The maximum absolute atomic E-state index is 11.2. The number of primary amides is 1. The molecule has 2 N–H and O–H groups in total. The first kappa shape index (κ1) is 17.4. The number of nitrogens with two attached hydrogens (primary N) is 1. The molecule has 3 aromatic rings. The Morgan fingerprint density at radius 1 is 1.24 bits per heavy atom. The van der Waals surface area contributed by atoms with Crippen LogP contribution in [0.2, 0.25) is 0 Å². The number of aryl methyl sites for hydroxylation is 2. The minimum atomic E-state index is -0.211. The molecule has 0 radical (unpaired) electrons. The smallest absolute Gasteiger partial charge is 0.220 e. The van der Waals surface area contributed by atoms with E-state index in [1.807, 2.05) is 25.3 Å². The standard InChI is InChI=1S/C20H26N4O/c1-3-8-18-23-17-13-22-16-11-5-4-10-15(16)19(17)24(18)12-7-6-9-14(2)20(21)25/h4-5,10-11,13-14H,3,6-9,12H2,1-2H3,(H2,21,25). The fourth-order valence-corrected chi connectivity index (χ4v) is 3.33. The summed E-state index contributed by atoms with van der Waals surface area (Å²) in [5.41, 5.74) is 8.50. The fourth-order valence-electron chi connectivity index (χ4n) is 3.33. The van der Waals surface area contributed by atoms with E-state index in [1.54, 1.807) is 0 Å². The van der Waals surface area contributed by atoms with E-state index in [0.717, 1.165) is 60.9 Å². The summed E-state index contributed by atoms with van der Waals surface area (Å²) in [7, 11) is 0. The van der Waals surface area contributed by atoms with Crippen molar-refractivity contribution in [1.82, 2.24) is 14.5 Å². The largest absolute Gasteiger partial charge is 0.369 e. The summed E-state index contributed by atoms with van der Waals surface area (Å²) in [5.74, 6) is 0.857. The van der Waals surface area contributed by atoms with Gasteiger partial charge in [0, 0.05) is 24.3 Å². The molecule has 1 amide bonds. The topological polar surface area (TPSA) is 73.8 Å². The van der Waals surface area contributed by atoms with Gasteiger partial charge in [-0.25, -0.2) is 4.98 Å². The molecule has 2 heterocycles. The number of rotatable bonds is 8. The van der Waals surface area contributed by atoms with Gasteiger partial charge in [-0.2, -0.15) is 0 Å². The van der Waals surface area contributed by atoms with Crippen molar-refractivity contribution in [1.29, 1.82) is 0 Å². The van der Waals surface area contributed by atoms with Crippen LogP contribution in [-0.2, 0) is 17.8 Å². The number of amides is 1. The zero-order chi connectivity index (χ0) is 17.8. The predicted octanol–water partition coefficient (Wildman–Crippen LogP) is 3.83. The molecule has 5 nitrogen and oxygen atoms in total. The Balaban J connectivity index is 1.90. The van der Waals surface area contributed by atoms with Gasteiger partial charge in [0.2, 0.25) is 5.91 Å². The number of para-hydroxylation sites is 1. The minimum Gasteiger partial charge on any atom is -0.369 e. The lowest BCUT2D eigenvalue weighted by molar-refractivity contribution is -0.121. The van der Waals surface area contributed by atoms with E-state index in [9.17, 15) is 4.79 Å². The Morgan fingerprint density at radius 2 is 2.04 bits per heavy atom. The lowest BCUT2D eigenvalue weighted by Crippen LogP contribution is -2.20. The Kier molecular flexibility index (Phi) is 5.31. The molecular formula is C20H26N4O. The number of carbonyl (C=O) groups is 1. The highest BCUT2D eigenvalue weighted by atomic mass is 16.1. The van der Waals surface area contributed by atoms with E-state index in [2.05, 4.69) is 28.6 Å². The summed E-state index contributed by atoms with van der Waals surface area (Å²) in [6, 6.07) is 8.22. The molecule has 0 saturated heterocycles. The first-order chi connectivity index (χ1) is 12.1. The van der Waals surface area contributed by atoms with Gasteiger partial charge in [-0.3, -0.25) is 9.78 Å². The third kappa shape index (κ3) is 3.65. The molecule has 1 atom stereocenters. The molecule has 2 aromatic heterocycles. The maximum atomic E-state index is 11.2. The second-order valence-corrected chi connectivity index (χ2v) is 6.74. The molecule has 0 saturated carbocycles. The van der Waals surface area contributed by atoms with Gasteiger partial charge in [0.1, 0.15) is 11.3 Å². The van der Waals surface area contributed by atoms with E-state index < -0.39 is 0 Å². The van der Waals surface area contributed by atoms with Crippen LogP contribution in [0.1, 0.15) is 45.4 Å². The quantitative estimate of drug-likeness (QED) is 0.634. The van der Waals surface area contributed by atoms with Gasteiger partial charge in [-0.1, -0.05) is 38.5 Å². The number of carbonyl (C=O) groups excluding carboxylic acids is 1. The number of pyridine rings is 1. The molecule has 1 unspecified atom stereocenters. The highest BCUT2D eigenvalue weighted by Crippen LogP contribution is 2.26. The van der Waals surface area contributed by atoms with Crippen molar-refractivity contribution in [3.8, 4) is 0 Å². The molecular weight excluding hydrogens is 312 g/mol. The Morgan fingerprint density at radius 3 is 2.80 bits per heavy atom. The normalized spacial score (nSPS) is 12.7. The maximum Gasteiger partial charge on any atom is 0.220 e. The van der Waals surface area contributed by atoms with Crippen LogP contribution < -0.4 is 5.73 Å². The van der Waals surface area contributed by atoms with Crippen LogP contribution in [0.4, 0.5) is 0 Å². The van der Waals surface area contributed by atoms with E-state index in [-0.39, 0.29) is 11.8 Å². The van der Waals surface area contributed by atoms with Gasteiger partial charge >= 0.3 is 0 Å². The molecule has 0 bridgehead atoms. The van der Waals surface area contributed by atoms with Crippen LogP contribution in [0.3, 0.4) is 0 Å². The molecule has 0 fully saturated rings. The molecule has 0 aliphatic heterocycles. The second-order valence-electron chi connectivity index (χ2n) is 6.74. The van der Waals surface area contributed by atoms with Gasteiger partial charge in [0.05, 0.1) is 17.2 Å². The van der Waals surface area contributed by atoms with E-state index in [0.29, 0.717) is 0 Å². The monoisotopic (exact) mass is 338 g/mol. The van der Waals surface area contributed by atoms with Crippen molar-refractivity contribution < 1.29 is 4.79 Å². The van der Waals surface area contributed by atoms with Gasteiger partial charge in [0.15, 0.2) is 0 Å². The molecule has 3 rings (SSSR count). The molecule has 5 heteroatoms. The van der Waals surface area contributed by atoms with Gasteiger partial charge < -0.3 is 10.3 Å². The zero-order valence-corrected chi connectivity index (χ0v) is 15.0. The number of aromatic nitrogens is 3. The van der Waals surface area contributed by atoms with Crippen molar-refractivity contribution in [3.63, 3.8) is 0 Å². The summed E-state index contributed by atoms with van der Waals surface area (Å²) < 4.78 is 2.35. The average molecular weight is 338 g/mol. The summed E-state index contributed by atoms with van der Waals surface area (Å²) in [5, 5.41) is 1.15. The van der Waals surface area contributed by atoms with Crippen LogP contribution >= 0.6 is 0 Å². The average Bonchev–Trinajstić information content (AvgIpc) is 2.96. The number of unbranched alkanes of at least 4 members (excludes halogenated alkanes) is 1. The zero-order valence-electron chi connectivity index (χ0n) is 15.0. The first-order valence-corrected chi connectivity index (χ1v) is 9.14. The highest BCUT2D eigenvalue weighted by Gasteiger charge is 2.14. The Labute approximate surface area is 148 Å². The van der Waals surface area contributed by atoms with E-state index in [4.69, 9.17) is 10.7 Å². The van der Waals surface area contributed by atoms with Crippen LogP contribution in [0.25, 0.3) is 21.9 Å². The lowest BCUT2D eigenvalue weighted by Gasteiger charge is -2.11. The number of hydrogen-bond acceptors (Lipinski definition) is 3. The van der Waals surface area contributed by atoms with E-state index in [1.165, 1.54) is 5.52 Å². The highest BCUT2D eigenvalue weighted by molar-refractivity contribution is 6.02. The lowest BCUT2D eigenvalue weighted by atomic mass is 10.0. The molecule has 25 heavy (non-hydrogen) atoms. The van der Waals surface area contributed by atoms with Crippen molar-refractivity contribution in [2.75, 3.05) is 0 Å². The molecule has 1 aromatic carbocycles. The fraction of sp³-hybridized carbons (Fsp3) is 0.450. The van der Waals surface area contributed by atoms with Crippen molar-refractivity contribution in [2.45, 2.75) is 52.5 Å². The van der Waals surface area contributed by atoms with Gasteiger partial charge in [-0.15, -0.1) is 0 Å². The molecule has 0 spiro atoms. The summed E-state index contributed by atoms with van der Waals surface area (Å²) in [6.45, 7) is 4.98. The molecule has 0 aliphatic carbocycles. The number of imidazole rings is 1. The minimum absolute atomic E-state index is 0.0559. The second kappa shape index (κ2) is 7.64. The van der Waals surface area contributed by atoms with Crippen molar-refractivity contribution >= 4 is 27.8 Å². The SMILES string of the molecule is CCCc1nc2cnc3ccccc3c2n1CCCCC(C)C(N)=O. The summed E-state index contributed by atoms with van der Waals surface area (Å²) in [6.07, 6.45) is 6.73. The van der Waals surface area contributed by atoms with Crippen LogP contribution in [0.15, 0.2) is 30.5 Å². The van der Waals surface area contributed by atoms with Crippen molar-refractivity contribution in [2.24, 2.45) is 11.7 Å². The summed E-state index contributed by atoms with van der Waals surface area (Å²) in [4.78, 5) is 20.5. The van der Waals surface area contributed by atoms with Gasteiger partial charge in [-0.05, 0) is 25.3 Å². The third-order valence-electron chi connectivity index (χ3n) is 4.79. The van der Waals surface area contributed by atoms with Crippen LogP contribution in [0.5, 0.6) is 0 Å². The number of benzene rings is 1. The van der Waals surface area contributed by atoms with Crippen LogP contribution in [0, 0.1) is 5.92 Å². The predicted molar refractivity (Wildman–Crippen MR) is 101 cm³/mol. The number of hydrogen-bond donors (Lipinski definition) is 1. The third-order valence-corrected chi connectivity index (χ3v) is 4.79.